The van der Waals surface area contributed by atoms with E-state index in [0.717, 1.165) is 22.2 Å². The molecule has 1 aromatic heterocycles. The van der Waals surface area contributed by atoms with Gasteiger partial charge in [0.25, 0.3) is 0 Å². The van der Waals surface area contributed by atoms with Crippen LogP contribution in [0.1, 0.15) is 0 Å². The summed E-state index contributed by atoms with van der Waals surface area (Å²) >= 11 is 0. The maximum atomic E-state index is 3.99. The van der Waals surface area contributed by atoms with Crippen molar-refractivity contribution in [2.45, 2.75) is 0 Å². The van der Waals surface area contributed by atoms with E-state index in [1.807, 2.05) is 12.1 Å². The van der Waals surface area contributed by atoms with Crippen LogP contribution >= 0.6 is 0 Å². The lowest BCUT2D eigenvalue weighted by molar-refractivity contribution is 0.977. The van der Waals surface area contributed by atoms with Crippen LogP contribution in [-0.2, 0) is 0 Å². The second-order valence-electron chi connectivity index (χ2n) is 6.96. The minimum atomic E-state index is 1.09. The molecule has 1 aliphatic carbocycles. The molecule has 7 rings (SSSR count). The summed E-state index contributed by atoms with van der Waals surface area (Å²) < 4.78 is 0. The summed E-state index contributed by atoms with van der Waals surface area (Å²) in [7, 11) is 0. The Hall–Kier alpha value is -3.92. The summed E-state index contributed by atoms with van der Waals surface area (Å²) in [5.41, 5.74) is 2.18. The molecule has 2 aliphatic rings. The molecule has 0 radical (unpaired) electrons. The van der Waals surface area contributed by atoms with Crippen molar-refractivity contribution in [2.24, 2.45) is 0 Å². The molecule has 0 atom stereocenters. The van der Waals surface area contributed by atoms with Gasteiger partial charge in [-0.25, -0.2) is 0 Å². The summed E-state index contributed by atoms with van der Waals surface area (Å²) in [5.74, 6) is 0. The van der Waals surface area contributed by atoms with Crippen LogP contribution in [0.25, 0.3) is 54.5 Å². The first-order valence-electron chi connectivity index (χ1n) is 9.16. The van der Waals surface area contributed by atoms with E-state index in [4.69, 9.17) is 0 Å². The van der Waals surface area contributed by atoms with E-state index >= 15 is 0 Å². The summed E-state index contributed by atoms with van der Waals surface area (Å²) in [6, 6.07) is 25.3. The minimum Gasteiger partial charge on any atom is -0.158 e. The number of hydrogen-bond donors (Lipinski definition) is 0. The van der Waals surface area contributed by atoms with Gasteiger partial charge in [0, 0.05) is 21.5 Å². The predicted octanol–water partition coefficient (Wildman–Crippen LogP) is 5.55. The maximum absolute atomic E-state index is 3.99. The third kappa shape index (κ3) is 2.25. The molecule has 28 heavy (non-hydrogen) atoms. The first-order chi connectivity index (χ1) is 13.9. The second kappa shape index (κ2) is 5.79. The Labute approximate surface area is 160 Å². The van der Waals surface area contributed by atoms with E-state index in [2.05, 4.69) is 81.1 Å². The fraction of sp³-hybridized carbons (Fsp3) is 0. The Kier molecular flexibility index (Phi) is 3.14. The van der Waals surface area contributed by atoms with Crippen molar-refractivity contribution in [3.63, 3.8) is 0 Å². The van der Waals surface area contributed by atoms with Crippen molar-refractivity contribution in [1.29, 1.82) is 0 Å². The van der Waals surface area contributed by atoms with Crippen molar-refractivity contribution in [1.82, 2.24) is 20.4 Å². The standard InChI is InChI=1S/C12H6N2.C12H8N2/c1-2-4-8-6-10-9(5-7(8)3-1)11-12(10)14-13-11;1-2-4-10-6-12-8-14-13-7-11(12)5-9(10)3-1/h1-6H;1-8H. The monoisotopic (exact) mass is 358 g/mol. The fourth-order valence-electron chi connectivity index (χ4n) is 3.77. The number of nitrogens with zero attached hydrogens (tertiary/aromatic N) is 4. The molecule has 0 amide bonds. The van der Waals surface area contributed by atoms with E-state index in [1.165, 1.54) is 32.3 Å². The van der Waals surface area contributed by atoms with Gasteiger partial charge in [0.1, 0.15) is 11.4 Å². The van der Waals surface area contributed by atoms with Gasteiger partial charge >= 0.3 is 0 Å². The van der Waals surface area contributed by atoms with Gasteiger partial charge in [0.2, 0.25) is 0 Å². The van der Waals surface area contributed by atoms with Crippen molar-refractivity contribution in [3.8, 4) is 11.4 Å². The number of rotatable bonds is 0. The van der Waals surface area contributed by atoms with Gasteiger partial charge < -0.3 is 0 Å². The van der Waals surface area contributed by atoms with Crippen LogP contribution in [0.3, 0.4) is 0 Å². The fourth-order valence-corrected chi connectivity index (χ4v) is 3.77. The molecule has 5 aromatic rings. The molecule has 0 N–H and O–H groups in total. The lowest BCUT2D eigenvalue weighted by Crippen LogP contribution is -2.05. The summed E-state index contributed by atoms with van der Waals surface area (Å²) in [4.78, 5) is 0. The molecule has 0 spiro atoms. The van der Waals surface area contributed by atoms with E-state index < -0.39 is 0 Å². The summed E-state index contributed by atoms with van der Waals surface area (Å²) in [6.45, 7) is 0. The molecule has 0 saturated heterocycles. The molecule has 2 heterocycles. The van der Waals surface area contributed by atoms with Crippen LogP contribution in [0, 0.1) is 0 Å². The van der Waals surface area contributed by atoms with Gasteiger partial charge in [-0.05, 0) is 45.8 Å². The highest BCUT2D eigenvalue weighted by atomic mass is 15.2. The highest BCUT2D eigenvalue weighted by Gasteiger charge is 2.23. The minimum absolute atomic E-state index is 1.09. The molecule has 4 heteroatoms. The Morgan fingerprint density at radius 2 is 0.821 bits per heavy atom. The molecule has 130 valence electrons. The second-order valence-corrected chi connectivity index (χ2v) is 6.96. The SMILES string of the molecule is c1ccc2cc3c4nnc-4c3cc2c1.c1ccc2cc3cnncc3cc2c1. The number of fused-ring (bicyclic) bond motifs is 7. The molecule has 0 fully saturated rings. The normalized spacial score (nSPS) is 11.6. The summed E-state index contributed by atoms with van der Waals surface area (Å²) in [5, 5.41) is 25.6. The third-order valence-corrected chi connectivity index (χ3v) is 5.28. The van der Waals surface area contributed by atoms with Crippen molar-refractivity contribution in [3.05, 3.63) is 85.2 Å². The quantitative estimate of drug-likeness (QED) is 0.334. The zero-order valence-electron chi connectivity index (χ0n) is 14.9. The van der Waals surface area contributed by atoms with Crippen LogP contribution in [-0.4, -0.2) is 20.4 Å². The van der Waals surface area contributed by atoms with Crippen molar-refractivity contribution < 1.29 is 0 Å². The van der Waals surface area contributed by atoms with Crippen LogP contribution in [0.4, 0.5) is 0 Å². The predicted molar refractivity (Wildman–Crippen MR) is 113 cm³/mol. The van der Waals surface area contributed by atoms with Gasteiger partial charge in [0.05, 0.1) is 12.4 Å². The van der Waals surface area contributed by atoms with E-state index in [-0.39, 0.29) is 0 Å². The summed E-state index contributed by atoms with van der Waals surface area (Å²) in [6.07, 6.45) is 3.59. The number of hydrogen-bond acceptors (Lipinski definition) is 4. The van der Waals surface area contributed by atoms with Crippen LogP contribution < -0.4 is 0 Å². The van der Waals surface area contributed by atoms with Gasteiger partial charge in [-0.1, -0.05) is 48.5 Å². The topological polar surface area (TPSA) is 51.6 Å². The number of benzene rings is 4. The Morgan fingerprint density at radius 1 is 0.429 bits per heavy atom. The number of aromatic nitrogens is 4. The molecule has 4 nitrogen and oxygen atoms in total. The largest absolute Gasteiger partial charge is 0.158 e. The molecule has 4 aromatic carbocycles. The first kappa shape index (κ1) is 15.2. The van der Waals surface area contributed by atoms with Crippen LogP contribution in [0.2, 0.25) is 0 Å². The van der Waals surface area contributed by atoms with Crippen LogP contribution in [0.5, 0.6) is 0 Å². The Balaban J connectivity index is 0.000000111. The molecule has 0 unspecified atom stereocenters. The zero-order valence-corrected chi connectivity index (χ0v) is 14.9. The van der Waals surface area contributed by atoms with Gasteiger partial charge in [-0.15, -0.1) is 10.2 Å². The van der Waals surface area contributed by atoms with Gasteiger partial charge in [0.15, 0.2) is 0 Å². The Morgan fingerprint density at radius 3 is 1.21 bits per heavy atom. The van der Waals surface area contributed by atoms with E-state index in [0.29, 0.717) is 0 Å². The zero-order chi connectivity index (χ0) is 18.5. The van der Waals surface area contributed by atoms with Gasteiger partial charge in [-0.2, -0.15) is 10.2 Å². The molecule has 1 aliphatic heterocycles. The Bertz CT molecular complexity index is 1260. The maximum Gasteiger partial charge on any atom is 0.122 e. The van der Waals surface area contributed by atoms with Crippen LogP contribution in [0.15, 0.2) is 85.2 Å². The molecular weight excluding hydrogens is 344 g/mol. The average molecular weight is 358 g/mol. The lowest BCUT2D eigenvalue weighted by atomic mass is 9.93. The van der Waals surface area contributed by atoms with E-state index in [9.17, 15) is 0 Å². The van der Waals surface area contributed by atoms with Crippen molar-refractivity contribution >= 4 is 43.1 Å². The molecular formula is C24H14N4. The average Bonchev–Trinajstić information content (AvgIpc) is 2.72. The van der Waals surface area contributed by atoms with Crippen molar-refractivity contribution in [2.75, 3.05) is 0 Å². The van der Waals surface area contributed by atoms with Gasteiger partial charge in [-0.3, -0.25) is 0 Å². The highest BCUT2D eigenvalue weighted by Crippen LogP contribution is 2.41. The lowest BCUT2D eigenvalue weighted by Gasteiger charge is -2.17. The first-order valence-corrected chi connectivity index (χ1v) is 9.16. The smallest absolute Gasteiger partial charge is 0.122 e. The van der Waals surface area contributed by atoms with E-state index in [1.54, 1.807) is 12.4 Å². The molecule has 0 bridgehead atoms. The third-order valence-electron chi connectivity index (χ3n) is 5.28. The highest BCUT2D eigenvalue weighted by molar-refractivity contribution is 6.16. The molecule has 0 saturated carbocycles.